The van der Waals surface area contributed by atoms with Gasteiger partial charge in [0.05, 0.1) is 5.69 Å². The van der Waals surface area contributed by atoms with Gasteiger partial charge in [0, 0.05) is 28.2 Å². The lowest BCUT2D eigenvalue weighted by Gasteiger charge is -2.37. The molecule has 0 radical (unpaired) electrons. The fourth-order valence-electron chi connectivity index (χ4n) is 4.18. The number of hydrogen-bond donors (Lipinski definition) is 3. The van der Waals surface area contributed by atoms with Gasteiger partial charge in [-0.2, -0.15) is 0 Å². The maximum absolute atomic E-state index is 13.0. The number of anilines is 1. The Hall–Kier alpha value is -2.30. The zero-order valence-corrected chi connectivity index (χ0v) is 14.0. The monoisotopic (exact) mass is 339 g/mol. The van der Waals surface area contributed by atoms with E-state index >= 15 is 0 Å². The van der Waals surface area contributed by atoms with Crippen molar-refractivity contribution in [1.29, 1.82) is 0 Å². The summed E-state index contributed by atoms with van der Waals surface area (Å²) in [6.45, 7) is 2.14. The topological polar surface area (TPSA) is 56.9 Å². The number of rotatable bonds is 0. The first-order valence-electron chi connectivity index (χ1n) is 7.99. The van der Waals surface area contributed by atoms with Crippen LogP contribution in [0.4, 0.5) is 5.69 Å². The molecule has 3 N–H and O–H groups in total. The lowest BCUT2D eigenvalue weighted by atomic mass is 9.80. The molecule has 0 saturated carbocycles. The largest absolute Gasteiger partial charge is 0.356 e. The summed E-state index contributed by atoms with van der Waals surface area (Å²) < 4.78 is 0. The Balaban J connectivity index is 0.00000146. The Morgan fingerprint density at radius 2 is 1.83 bits per heavy atom. The second-order valence-corrected chi connectivity index (χ2v) is 6.52. The van der Waals surface area contributed by atoms with Crippen LogP contribution in [-0.4, -0.2) is 16.9 Å². The highest BCUT2D eigenvalue weighted by atomic mass is 35.5. The average Bonchev–Trinajstić information content (AvgIpc) is 3.05. The van der Waals surface area contributed by atoms with Crippen molar-refractivity contribution in [1.82, 2.24) is 10.3 Å². The number of amides is 1. The molecule has 0 aliphatic carbocycles. The van der Waals surface area contributed by atoms with E-state index in [9.17, 15) is 4.79 Å². The number of carbonyl (C=O) groups is 1. The minimum Gasteiger partial charge on any atom is -0.356 e. The highest BCUT2D eigenvalue weighted by Gasteiger charge is 2.53. The van der Waals surface area contributed by atoms with Crippen LogP contribution in [0.15, 0.2) is 48.5 Å². The van der Waals surface area contributed by atoms with Crippen LogP contribution in [0.1, 0.15) is 23.7 Å². The van der Waals surface area contributed by atoms with Crippen molar-refractivity contribution in [3.05, 3.63) is 65.4 Å². The molecular weight excluding hydrogens is 322 g/mol. The van der Waals surface area contributed by atoms with Crippen LogP contribution in [0.25, 0.3) is 10.9 Å². The summed E-state index contributed by atoms with van der Waals surface area (Å²) in [6.07, 6.45) is 0.913. The molecule has 0 fully saturated rings. The first-order valence-corrected chi connectivity index (χ1v) is 7.99. The molecule has 2 aliphatic rings. The van der Waals surface area contributed by atoms with Crippen LogP contribution in [0.2, 0.25) is 0 Å². The number of carbonyl (C=O) groups excluding carboxylic acids is 1. The quantitative estimate of drug-likeness (QED) is 0.588. The van der Waals surface area contributed by atoms with Gasteiger partial charge < -0.3 is 10.3 Å². The highest BCUT2D eigenvalue weighted by Crippen LogP contribution is 2.45. The summed E-state index contributed by atoms with van der Waals surface area (Å²) in [5.74, 6) is -0.00180. The summed E-state index contributed by atoms with van der Waals surface area (Å²) in [7, 11) is 0. The van der Waals surface area contributed by atoms with Crippen LogP contribution in [0.5, 0.6) is 0 Å². The van der Waals surface area contributed by atoms with E-state index in [2.05, 4.69) is 40.7 Å². The van der Waals surface area contributed by atoms with E-state index in [1.54, 1.807) is 0 Å². The maximum atomic E-state index is 13.0. The maximum Gasteiger partial charge on any atom is 0.255 e. The van der Waals surface area contributed by atoms with Crippen LogP contribution < -0.4 is 10.6 Å². The SMILES string of the molecule is CC1Cc2c([nH]c3ccccc23)C2(N1)C(=O)Nc1ccccc12.Cl. The Morgan fingerprint density at radius 1 is 1.08 bits per heavy atom. The van der Waals surface area contributed by atoms with Gasteiger partial charge in [0.1, 0.15) is 0 Å². The molecular formula is C19H18ClN3O. The molecule has 0 saturated heterocycles. The molecule has 1 amide bonds. The van der Waals surface area contributed by atoms with Gasteiger partial charge in [-0.15, -0.1) is 12.4 Å². The zero-order chi connectivity index (χ0) is 15.6. The van der Waals surface area contributed by atoms with Crippen molar-refractivity contribution in [3.8, 4) is 0 Å². The number of halogens is 1. The van der Waals surface area contributed by atoms with E-state index in [0.717, 1.165) is 28.9 Å². The predicted molar refractivity (Wildman–Crippen MR) is 97.7 cm³/mol. The minimum atomic E-state index is -0.817. The number of nitrogens with one attached hydrogen (secondary N) is 3. The molecule has 122 valence electrons. The molecule has 5 rings (SSSR count). The van der Waals surface area contributed by atoms with Crippen molar-refractivity contribution < 1.29 is 4.79 Å². The van der Waals surface area contributed by atoms with Crippen molar-refractivity contribution in [2.24, 2.45) is 0 Å². The standard InChI is InChI=1S/C19H17N3O.ClH/c1-11-10-13-12-6-2-4-8-15(12)20-17(13)19(22-11)14-7-3-5-9-16(14)21-18(19)23;/h2-9,11,20,22H,10H2,1H3,(H,21,23);1H. The van der Waals surface area contributed by atoms with Crippen molar-refractivity contribution in [2.45, 2.75) is 24.9 Å². The summed E-state index contributed by atoms with van der Waals surface area (Å²) >= 11 is 0. The molecule has 24 heavy (non-hydrogen) atoms. The molecule has 0 bridgehead atoms. The van der Waals surface area contributed by atoms with Gasteiger partial charge in [-0.05, 0) is 31.0 Å². The molecule has 3 aromatic rings. The van der Waals surface area contributed by atoms with E-state index in [-0.39, 0.29) is 24.4 Å². The normalized spacial score (nSPS) is 24.4. The van der Waals surface area contributed by atoms with Crippen LogP contribution in [-0.2, 0) is 16.8 Å². The molecule has 4 nitrogen and oxygen atoms in total. The number of aromatic amines is 1. The van der Waals surface area contributed by atoms with E-state index in [1.807, 2.05) is 30.3 Å². The van der Waals surface area contributed by atoms with Gasteiger partial charge in [0.25, 0.3) is 5.91 Å². The van der Waals surface area contributed by atoms with E-state index in [1.165, 1.54) is 10.9 Å². The van der Waals surface area contributed by atoms with Gasteiger partial charge >= 0.3 is 0 Å². The van der Waals surface area contributed by atoms with Crippen molar-refractivity contribution in [3.63, 3.8) is 0 Å². The summed E-state index contributed by atoms with van der Waals surface area (Å²) in [5, 5.41) is 7.83. The molecule has 3 heterocycles. The lowest BCUT2D eigenvalue weighted by Crippen LogP contribution is -2.56. The van der Waals surface area contributed by atoms with Crippen LogP contribution in [0.3, 0.4) is 0 Å². The molecule has 1 spiro atoms. The number of fused-ring (bicyclic) bond motifs is 6. The van der Waals surface area contributed by atoms with Gasteiger partial charge in [-0.25, -0.2) is 0 Å². The smallest absolute Gasteiger partial charge is 0.255 e. The van der Waals surface area contributed by atoms with Gasteiger partial charge in [-0.3, -0.25) is 10.1 Å². The third-order valence-electron chi connectivity index (χ3n) is 5.08. The molecule has 2 unspecified atom stereocenters. The highest BCUT2D eigenvalue weighted by molar-refractivity contribution is 6.09. The molecule has 2 aliphatic heterocycles. The molecule has 5 heteroatoms. The second kappa shape index (κ2) is 5.10. The zero-order valence-electron chi connectivity index (χ0n) is 13.2. The number of aromatic nitrogens is 1. The first-order chi connectivity index (χ1) is 11.2. The fraction of sp³-hybridized carbons (Fsp3) is 0.211. The molecule has 2 aromatic carbocycles. The number of benzene rings is 2. The van der Waals surface area contributed by atoms with Gasteiger partial charge in [0.2, 0.25) is 0 Å². The Kier molecular flexibility index (Phi) is 3.24. The Bertz CT molecular complexity index is 964. The summed E-state index contributed by atoms with van der Waals surface area (Å²) in [4.78, 5) is 16.5. The third kappa shape index (κ3) is 1.75. The fourth-order valence-corrected chi connectivity index (χ4v) is 4.18. The number of hydrogen-bond acceptors (Lipinski definition) is 2. The average molecular weight is 340 g/mol. The van der Waals surface area contributed by atoms with Crippen LogP contribution >= 0.6 is 12.4 Å². The minimum absolute atomic E-state index is 0. The summed E-state index contributed by atoms with van der Waals surface area (Å²) in [6, 6.07) is 16.5. The lowest BCUT2D eigenvalue weighted by molar-refractivity contribution is -0.121. The third-order valence-corrected chi connectivity index (χ3v) is 5.08. The first kappa shape index (κ1) is 15.2. The van der Waals surface area contributed by atoms with E-state index in [0.29, 0.717) is 0 Å². The second-order valence-electron chi connectivity index (χ2n) is 6.52. The van der Waals surface area contributed by atoms with E-state index in [4.69, 9.17) is 0 Å². The Labute approximate surface area is 146 Å². The molecule has 1 aromatic heterocycles. The van der Waals surface area contributed by atoms with Crippen molar-refractivity contribution >= 4 is 34.9 Å². The van der Waals surface area contributed by atoms with Crippen LogP contribution in [0, 0.1) is 0 Å². The van der Waals surface area contributed by atoms with Crippen molar-refractivity contribution in [2.75, 3.05) is 5.32 Å². The summed E-state index contributed by atoms with van der Waals surface area (Å²) in [5.41, 5.74) is 4.40. The van der Waals surface area contributed by atoms with Gasteiger partial charge in [-0.1, -0.05) is 36.4 Å². The van der Waals surface area contributed by atoms with E-state index < -0.39 is 5.54 Å². The van der Waals surface area contributed by atoms with Gasteiger partial charge in [0.15, 0.2) is 5.54 Å². The Morgan fingerprint density at radius 3 is 2.71 bits per heavy atom. The molecule has 2 atom stereocenters. The number of para-hydroxylation sites is 2. The number of H-pyrrole nitrogens is 1. The predicted octanol–water partition coefficient (Wildman–Crippen LogP) is 3.32.